The highest BCUT2D eigenvalue weighted by molar-refractivity contribution is 6.06. The van der Waals surface area contributed by atoms with Gasteiger partial charge < -0.3 is 10.2 Å². The fraction of sp³-hybridized carbons (Fsp3) is 0.217. The Morgan fingerprint density at radius 1 is 1.00 bits per heavy atom. The van der Waals surface area contributed by atoms with Crippen molar-refractivity contribution in [2.75, 3.05) is 0 Å². The van der Waals surface area contributed by atoms with Crippen molar-refractivity contribution in [3.8, 4) is 5.75 Å². The van der Waals surface area contributed by atoms with Gasteiger partial charge in [-0.1, -0.05) is 54.6 Å². The van der Waals surface area contributed by atoms with E-state index in [1.54, 1.807) is 6.07 Å². The molecular weight excluding hydrogens is 338 g/mol. The van der Waals surface area contributed by atoms with Crippen molar-refractivity contribution in [3.63, 3.8) is 0 Å². The number of fused-ring (bicyclic) bond motifs is 3. The molecular formula is C23H19NO3. The van der Waals surface area contributed by atoms with E-state index in [0.717, 1.165) is 42.3 Å². The van der Waals surface area contributed by atoms with Crippen molar-refractivity contribution in [1.29, 1.82) is 0 Å². The third-order valence-corrected chi connectivity index (χ3v) is 5.81. The van der Waals surface area contributed by atoms with Gasteiger partial charge in [0, 0.05) is 5.39 Å². The van der Waals surface area contributed by atoms with Crippen LogP contribution in [0, 0.1) is 0 Å². The van der Waals surface area contributed by atoms with E-state index < -0.39 is 11.4 Å². The molecule has 0 saturated carbocycles. The summed E-state index contributed by atoms with van der Waals surface area (Å²) in [6.45, 7) is 0. The standard InChI is InChI=1S/C23H19NO3/c25-20-18(22(26)27)17-11-10-14-6-4-5-9-16(14)19(17)24-21(20)23(12-13-23)15-7-2-1-3-8-15/h1-3,7-8,10-13,25H,4-6,9H2,(H,26,27). The number of pyridine rings is 1. The molecule has 0 amide bonds. The molecule has 2 aliphatic rings. The van der Waals surface area contributed by atoms with Gasteiger partial charge in [0.15, 0.2) is 5.75 Å². The topological polar surface area (TPSA) is 70.4 Å². The third kappa shape index (κ3) is 2.29. The van der Waals surface area contributed by atoms with E-state index in [1.807, 2.05) is 48.6 Å². The summed E-state index contributed by atoms with van der Waals surface area (Å²) < 4.78 is 0. The monoisotopic (exact) mass is 357 g/mol. The summed E-state index contributed by atoms with van der Waals surface area (Å²) in [4.78, 5) is 16.9. The summed E-state index contributed by atoms with van der Waals surface area (Å²) in [6.07, 6.45) is 8.05. The number of aromatic hydroxyl groups is 1. The zero-order chi connectivity index (χ0) is 18.6. The predicted octanol–water partition coefficient (Wildman–Crippen LogP) is 4.37. The second-order valence-corrected chi connectivity index (χ2v) is 7.36. The average Bonchev–Trinajstić information content (AvgIpc) is 3.49. The van der Waals surface area contributed by atoms with Crippen LogP contribution in [0.25, 0.3) is 10.9 Å². The Balaban J connectivity index is 1.83. The molecule has 0 aliphatic heterocycles. The number of allylic oxidation sites excluding steroid dienone is 2. The van der Waals surface area contributed by atoms with E-state index in [0.29, 0.717) is 11.1 Å². The summed E-state index contributed by atoms with van der Waals surface area (Å²) in [7, 11) is 0. The number of aryl methyl sites for hydroxylation is 2. The van der Waals surface area contributed by atoms with Crippen LogP contribution in [0.1, 0.15) is 45.6 Å². The SMILES string of the molecule is O=C(O)c1c(O)c(C2(c3ccccc3)C=C2)nc2c3c(ccc12)CCCC3. The van der Waals surface area contributed by atoms with Gasteiger partial charge in [-0.15, -0.1) is 0 Å². The van der Waals surface area contributed by atoms with Crippen molar-refractivity contribution in [2.24, 2.45) is 0 Å². The van der Waals surface area contributed by atoms with Crippen molar-refractivity contribution < 1.29 is 15.0 Å². The highest BCUT2D eigenvalue weighted by Gasteiger charge is 2.43. The maximum atomic E-state index is 12.0. The van der Waals surface area contributed by atoms with Gasteiger partial charge in [-0.05, 0) is 42.4 Å². The molecule has 2 N–H and O–H groups in total. The molecule has 1 aromatic heterocycles. The van der Waals surface area contributed by atoms with E-state index in [2.05, 4.69) is 0 Å². The van der Waals surface area contributed by atoms with Gasteiger partial charge in [-0.3, -0.25) is 0 Å². The Bertz CT molecular complexity index is 1110. The molecule has 3 aromatic rings. The molecule has 0 fully saturated rings. The lowest BCUT2D eigenvalue weighted by atomic mass is 9.85. The first-order chi connectivity index (χ1) is 13.1. The van der Waals surface area contributed by atoms with Gasteiger partial charge in [0.05, 0.1) is 10.9 Å². The van der Waals surface area contributed by atoms with Crippen LogP contribution in [0.2, 0.25) is 0 Å². The number of aromatic carboxylic acids is 1. The van der Waals surface area contributed by atoms with Crippen LogP contribution in [0.15, 0.2) is 54.6 Å². The summed E-state index contributed by atoms with van der Waals surface area (Å²) in [5.74, 6) is -1.36. The van der Waals surface area contributed by atoms with Crippen molar-refractivity contribution in [1.82, 2.24) is 4.98 Å². The maximum Gasteiger partial charge on any atom is 0.340 e. The number of rotatable bonds is 3. The van der Waals surface area contributed by atoms with Crippen LogP contribution in [0.5, 0.6) is 5.75 Å². The van der Waals surface area contributed by atoms with Crippen LogP contribution in [-0.2, 0) is 18.3 Å². The first-order valence-corrected chi connectivity index (χ1v) is 9.29. The predicted molar refractivity (Wildman–Crippen MR) is 103 cm³/mol. The number of hydrogen-bond acceptors (Lipinski definition) is 3. The summed E-state index contributed by atoms with van der Waals surface area (Å²) >= 11 is 0. The van der Waals surface area contributed by atoms with Crippen LogP contribution < -0.4 is 0 Å². The Hall–Kier alpha value is -3.14. The first kappa shape index (κ1) is 16.1. The number of aromatic nitrogens is 1. The second-order valence-electron chi connectivity index (χ2n) is 7.36. The van der Waals surface area contributed by atoms with Crippen LogP contribution in [0.4, 0.5) is 0 Å². The molecule has 1 heterocycles. The van der Waals surface area contributed by atoms with Crippen LogP contribution in [-0.4, -0.2) is 21.2 Å². The zero-order valence-corrected chi connectivity index (χ0v) is 14.8. The Labute approximate surface area is 156 Å². The molecule has 0 radical (unpaired) electrons. The van der Waals surface area contributed by atoms with E-state index in [-0.39, 0.29) is 11.3 Å². The zero-order valence-electron chi connectivity index (χ0n) is 14.8. The van der Waals surface area contributed by atoms with Gasteiger partial charge in [0.2, 0.25) is 0 Å². The minimum atomic E-state index is -1.12. The molecule has 27 heavy (non-hydrogen) atoms. The molecule has 0 spiro atoms. The van der Waals surface area contributed by atoms with Gasteiger partial charge >= 0.3 is 5.97 Å². The molecule has 4 heteroatoms. The van der Waals surface area contributed by atoms with Crippen LogP contribution >= 0.6 is 0 Å². The number of hydrogen-bond donors (Lipinski definition) is 2. The lowest BCUT2D eigenvalue weighted by Crippen LogP contribution is -2.17. The lowest BCUT2D eigenvalue weighted by Gasteiger charge is -2.23. The van der Waals surface area contributed by atoms with E-state index in [1.165, 1.54) is 5.56 Å². The van der Waals surface area contributed by atoms with E-state index in [9.17, 15) is 15.0 Å². The Morgan fingerprint density at radius 3 is 2.44 bits per heavy atom. The Morgan fingerprint density at radius 2 is 1.74 bits per heavy atom. The van der Waals surface area contributed by atoms with Gasteiger partial charge in [-0.25, -0.2) is 9.78 Å². The van der Waals surface area contributed by atoms with E-state index >= 15 is 0 Å². The van der Waals surface area contributed by atoms with Crippen molar-refractivity contribution >= 4 is 16.9 Å². The largest absolute Gasteiger partial charge is 0.505 e. The van der Waals surface area contributed by atoms with Gasteiger partial charge in [0.25, 0.3) is 0 Å². The molecule has 2 aliphatic carbocycles. The molecule has 2 aromatic carbocycles. The first-order valence-electron chi connectivity index (χ1n) is 9.29. The normalized spacial score (nSPS) is 16.9. The molecule has 0 bridgehead atoms. The number of carboxylic acid groups (broad SMARTS) is 1. The highest BCUT2D eigenvalue weighted by Crippen LogP contribution is 2.49. The Kier molecular flexibility index (Phi) is 3.38. The maximum absolute atomic E-state index is 12.0. The molecule has 134 valence electrons. The average molecular weight is 357 g/mol. The highest BCUT2D eigenvalue weighted by atomic mass is 16.4. The fourth-order valence-corrected chi connectivity index (χ4v) is 4.34. The fourth-order valence-electron chi connectivity index (χ4n) is 4.34. The quantitative estimate of drug-likeness (QED) is 0.683. The van der Waals surface area contributed by atoms with Gasteiger partial charge in [-0.2, -0.15) is 0 Å². The molecule has 0 unspecified atom stereocenters. The molecule has 5 rings (SSSR count). The third-order valence-electron chi connectivity index (χ3n) is 5.81. The van der Waals surface area contributed by atoms with Crippen molar-refractivity contribution in [3.05, 3.63) is 82.6 Å². The smallest absolute Gasteiger partial charge is 0.340 e. The summed E-state index contributed by atoms with van der Waals surface area (Å²) in [5.41, 5.74) is 3.82. The molecule has 4 nitrogen and oxygen atoms in total. The van der Waals surface area contributed by atoms with E-state index in [4.69, 9.17) is 4.98 Å². The van der Waals surface area contributed by atoms with Crippen LogP contribution in [0.3, 0.4) is 0 Å². The number of benzene rings is 2. The number of nitrogens with zero attached hydrogens (tertiary/aromatic N) is 1. The number of carboxylic acids is 1. The molecule has 0 atom stereocenters. The summed E-state index contributed by atoms with van der Waals surface area (Å²) in [5, 5.41) is 21.3. The minimum Gasteiger partial charge on any atom is -0.505 e. The number of carbonyl (C=O) groups is 1. The van der Waals surface area contributed by atoms with Gasteiger partial charge in [0.1, 0.15) is 11.3 Å². The summed E-state index contributed by atoms with van der Waals surface area (Å²) in [6, 6.07) is 13.6. The molecule has 0 saturated heterocycles. The lowest BCUT2D eigenvalue weighted by molar-refractivity contribution is 0.0695. The second kappa shape index (κ2) is 5.68. The minimum absolute atomic E-state index is 0.0487. The van der Waals surface area contributed by atoms with Crippen molar-refractivity contribution in [2.45, 2.75) is 31.1 Å².